The summed E-state index contributed by atoms with van der Waals surface area (Å²) >= 11 is 0. The molecule has 0 atom stereocenters. The number of nitrogens with one attached hydrogen (secondary N) is 1. The predicted molar refractivity (Wildman–Crippen MR) is 107 cm³/mol. The molecule has 0 bridgehead atoms. The lowest BCUT2D eigenvalue weighted by Gasteiger charge is -2.21. The summed E-state index contributed by atoms with van der Waals surface area (Å²) in [6.45, 7) is 4.15. The summed E-state index contributed by atoms with van der Waals surface area (Å²) in [6, 6.07) is 13.0. The fraction of sp³-hybridized carbons (Fsp3) is 0.350. The van der Waals surface area contributed by atoms with E-state index < -0.39 is 10.0 Å². The van der Waals surface area contributed by atoms with Crippen LogP contribution >= 0.6 is 0 Å². The molecule has 146 valence electrons. The van der Waals surface area contributed by atoms with E-state index >= 15 is 0 Å². The maximum Gasteiger partial charge on any atom is 0.225 e. The summed E-state index contributed by atoms with van der Waals surface area (Å²) in [4.78, 5) is 12.3. The summed E-state index contributed by atoms with van der Waals surface area (Å²) in [5, 5.41) is 2.85. The van der Waals surface area contributed by atoms with Crippen LogP contribution in [0.25, 0.3) is 0 Å². The van der Waals surface area contributed by atoms with Crippen molar-refractivity contribution < 1.29 is 17.9 Å². The number of hydrogen-bond donors (Lipinski definition) is 1. The molecule has 0 aromatic heterocycles. The first-order chi connectivity index (χ1) is 12.7. The zero-order chi connectivity index (χ0) is 20.0. The molecular weight excluding hydrogens is 364 g/mol. The SMILES string of the molecule is COc1ccccc1CN(CCC(=O)Nc1ccc(C)cc1C)S(C)(=O)=O. The van der Waals surface area contributed by atoms with Crippen LogP contribution in [0.4, 0.5) is 5.69 Å². The number of aryl methyl sites for hydroxylation is 2. The number of hydrogen-bond acceptors (Lipinski definition) is 4. The molecule has 6 nitrogen and oxygen atoms in total. The maximum absolute atomic E-state index is 12.3. The second-order valence-corrected chi connectivity index (χ2v) is 8.51. The normalized spacial score (nSPS) is 11.4. The minimum atomic E-state index is -3.47. The Balaban J connectivity index is 2.05. The van der Waals surface area contributed by atoms with Crippen molar-refractivity contribution in [1.82, 2.24) is 4.31 Å². The first-order valence-electron chi connectivity index (χ1n) is 8.65. The number of amides is 1. The van der Waals surface area contributed by atoms with Crippen LogP contribution in [-0.4, -0.2) is 38.5 Å². The number of sulfonamides is 1. The van der Waals surface area contributed by atoms with Gasteiger partial charge in [-0.15, -0.1) is 0 Å². The van der Waals surface area contributed by atoms with E-state index in [2.05, 4.69) is 5.32 Å². The smallest absolute Gasteiger partial charge is 0.225 e. The molecule has 1 N–H and O–H groups in total. The van der Waals surface area contributed by atoms with Crippen LogP contribution in [0.3, 0.4) is 0 Å². The molecule has 0 heterocycles. The van der Waals surface area contributed by atoms with Gasteiger partial charge in [-0.25, -0.2) is 8.42 Å². The van der Waals surface area contributed by atoms with E-state index in [-0.39, 0.29) is 25.4 Å². The minimum absolute atomic E-state index is 0.0650. The van der Waals surface area contributed by atoms with Crippen molar-refractivity contribution in [3.05, 3.63) is 59.2 Å². The zero-order valence-corrected chi connectivity index (χ0v) is 17.0. The van der Waals surface area contributed by atoms with Gasteiger partial charge in [0.05, 0.1) is 13.4 Å². The fourth-order valence-electron chi connectivity index (χ4n) is 2.78. The van der Waals surface area contributed by atoms with Gasteiger partial charge in [0, 0.05) is 30.8 Å². The first kappa shape index (κ1) is 20.9. The molecule has 2 aromatic rings. The quantitative estimate of drug-likeness (QED) is 0.751. The Labute approximate surface area is 161 Å². The summed E-state index contributed by atoms with van der Waals surface area (Å²) < 4.78 is 30.9. The molecule has 7 heteroatoms. The van der Waals surface area contributed by atoms with Crippen LogP contribution < -0.4 is 10.1 Å². The van der Waals surface area contributed by atoms with Crippen molar-refractivity contribution in [2.45, 2.75) is 26.8 Å². The molecule has 0 aliphatic heterocycles. The standard InChI is InChI=1S/C20H26N2O4S/c1-15-9-10-18(16(2)13-15)21-20(23)11-12-22(27(4,24)25)14-17-7-5-6-8-19(17)26-3/h5-10,13H,11-12,14H2,1-4H3,(H,21,23). The maximum atomic E-state index is 12.3. The second-order valence-electron chi connectivity index (χ2n) is 6.52. The van der Waals surface area contributed by atoms with E-state index in [9.17, 15) is 13.2 Å². The highest BCUT2D eigenvalue weighted by molar-refractivity contribution is 7.88. The molecule has 0 unspecified atom stereocenters. The fourth-order valence-corrected chi connectivity index (χ4v) is 3.58. The number of carbonyl (C=O) groups is 1. The van der Waals surface area contributed by atoms with Gasteiger partial charge in [0.15, 0.2) is 0 Å². The number of nitrogens with zero attached hydrogens (tertiary/aromatic N) is 1. The van der Waals surface area contributed by atoms with Crippen LogP contribution in [0.1, 0.15) is 23.1 Å². The third-order valence-electron chi connectivity index (χ3n) is 4.25. The molecule has 1 amide bonds. The molecule has 2 rings (SSSR count). The van der Waals surface area contributed by atoms with Gasteiger partial charge in [-0.2, -0.15) is 4.31 Å². The zero-order valence-electron chi connectivity index (χ0n) is 16.2. The third-order valence-corrected chi connectivity index (χ3v) is 5.50. The lowest BCUT2D eigenvalue weighted by Crippen LogP contribution is -2.32. The molecule has 0 aliphatic rings. The molecule has 0 spiro atoms. The van der Waals surface area contributed by atoms with Gasteiger partial charge >= 0.3 is 0 Å². The van der Waals surface area contributed by atoms with E-state index in [0.29, 0.717) is 5.75 Å². The number of rotatable bonds is 8. The number of ether oxygens (including phenoxy) is 1. The van der Waals surface area contributed by atoms with E-state index in [1.54, 1.807) is 13.2 Å². The van der Waals surface area contributed by atoms with E-state index in [1.807, 2.05) is 50.2 Å². The van der Waals surface area contributed by atoms with Crippen molar-refractivity contribution >= 4 is 21.6 Å². The topological polar surface area (TPSA) is 75.7 Å². The summed E-state index contributed by atoms with van der Waals surface area (Å²) in [5.41, 5.74) is 3.57. The average molecular weight is 391 g/mol. The number of methoxy groups -OCH3 is 1. The molecule has 0 aliphatic carbocycles. The van der Waals surface area contributed by atoms with Gasteiger partial charge < -0.3 is 10.1 Å². The molecule has 0 fully saturated rings. The van der Waals surface area contributed by atoms with Gasteiger partial charge in [-0.3, -0.25) is 4.79 Å². The summed E-state index contributed by atoms with van der Waals surface area (Å²) in [6.07, 6.45) is 1.21. The molecule has 2 aromatic carbocycles. The number of carbonyl (C=O) groups excluding carboxylic acids is 1. The Morgan fingerprint density at radius 2 is 1.85 bits per heavy atom. The van der Waals surface area contributed by atoms with Crippen LogP contribution in [-0.2, 0) is 21.4 Å². The van der Waals surface area contributed by atoms with Crippen molar-refractivity contribution in [3.63, 3.8) is 0 Å². The molecular formula is C20H26N2O4S. The Morgan fingerprint density at radius 3 is 2.48 bits per heavy atom. The monoisotopic (exact) mass is 390 g/mol. The largest absolute Gasteiger partial charge is 0.496 e. The molecule has 0 saturated carbocycles. The Bertz CT molecular complexity index is 910. The number of benzene rings is 2. The highest BCUT2D eigenvalue weighted by atomic mass is 32.2. The van der Waals surface area contributed by atoms with Crippen molar-refractivity contribution in [3.8, 4) is 5.75 Å². The Morgan fingerprint density at radius 1 is 1.15 bits per heavy atom. The second kappa shape index (κ2) is 9.01. The van der Waals surface area contributed by atoms with Gasteiger partial charge in [-0.05, 0) is 31.5 Å². The highest BCUT2D eigenvalue weighted by Crippen LogP contribution is 2.21. The minimum Gasteiger partial charge on any atom is -0.496 e. The van der Waals surface area contributed by atoms with E-state index in [1.165, 1.54) is 4.31 Å². The molecule has 27 heavy (non-hydrogen) atoms. The van der Waals surface area contributed by atoms with Crippen molar-refractivity contribution in [2.24, 2.45) is 0 Å². The summed E-state index contributed by atoms with van der Waals surface area (Å²) in [7, 11) is -1.93. The van der Waals surface area contributed by atoms with E-state index in [0.717, 1.165) is 28.6 Å². The number of para-hydroxylation sites is 1. The van der Waals surface area contributed by atoms with Gasteiger partial charge in [0.1, 0.15) is 5.75 Å². The molecule has 0 radical (unpaired) electrons. The van der Waals surface area contributed by atoms with Crippen molar-refractivity contribution in [1.29, 1.82) is 0 Å². The van der Waals surface area contributed by atoms with Crippen molar-refractivity contribution in [2.75, 3.05) is 25.2 Å². The van der Waals surface area contributed by atoms with Gasteiger partial charge in [0.2, 0.25) is 15.9 Å². The lowest BCUT2D eigenvalue weighted by atomic mass is 10.1. The van der Waals surface area contributed by atoms with E-state index in [4.69, 9.17) is 4.74 Å². The van der Waals surface area contributed by atoms with Crippen LogP contribution in [0.15, 0.2) is 42.5 Å². The van der Waals surface area contributed by atoms with Crippen LogP contribution in [0, 0.1) is 13.8 Å². The lowest BCUT2D eigenvalue weighted by molar-refractivity contribution is -0.116. The average Bonchev–Trinajstić information content (AvgIpc) is 2.60. The van der Waals surface area contributed by atoms with Crippen LogP contribution in [0.5, 0.6) is 5.75 Å². The Hall–Kier alpha value is -2.38. The van der Waals surface area contributed by atoms with Gasteiger partial charge in [0.25, 0.3) is 0 Å². The third kappa shape index (κ3) is 6.08. The van der Waals surface area contributed by atoms with Gasteiger partial charge in [-0.1, -0.05) is 35.9 Å². The predicted octanol–water partition coefficient (Wildman–Crippen LogP) is 3.10. The highest BCUT2D eigenvalue weighted by Gasteiger charge is 2.20. The first-order valence-corrected chi connectivity index (χ1v) is 10.5. The summed E-state index contributed by atoms with van der Waals surface area (Å²) in [5.74, 6) is 0.390. The molecule has 0 saturated heterocycles. The van der Waals surface area contributed by atoms with Crippen LogP contribution in [0.2, 0.25) is 0 Å². The number of anilines is 1. The Kier molecular flexibility index (Phi) is 6.98.